The quantitative estimate of drug-likeness (QED) is 0.589. The van der Waals surface area contributed by atoms with Gasteiger partial charge in [0.25, 0.3) is 11.5 Å². The average molecular weight is 418 g/mol. The van der Waals surface area contributed by atoms with E-state index in [0.29, 0.717) is 28.6 Å². The molecule has 158 valence electrons. The van der Waals surface area contributed by atoms with Crippen LogP contribution in [0, 0.1) is 11.3 Å². The summed E-state index contributed by atoms with van der Waals surface area (Å²) < 4.78 is 6.60. The van der Waals surface area contributed by atoms with Crippen molar-refractivity contribution >= 4 is 28.3 Å². The molecule has 3 aromatic rings. The molecule has 0 saturated carbocycles. The summed E-state index contributed by atoms with van der Waals surface area (Å²) >= 11 is 0. The number of hydrogen-bond acceptors (Lipinski definition) is 6. The molecule has 1 amide bonds. The minimum absolute atomic E-state index is 0.0246. The molecule has 0 bridgehead atoms. The van der Waals surface area contributed by atoms with Gasteiger partial charge >= 0.3 is 5.97 Å². The van der Waals surface area contributed by atoms with E-state index in [9.17, 15) is 14.4 Å². The Morgan fingerprint density at radius 3 is 2.55 bits per heavy atom. The zero-order valence-electron chi connectivity index (χ0n) is 17.3. The van der Waals surface area contributed by atoms with Crippen molar-refractivity contribution in [3.05, 3.63) is 70.1 Å². The summed E-state index contributed by atoms with van der Waals surface area (Å²) in [4.78, 5) is 38.0. The van der Waals surface area contributed by atoms with E-state index in [1.807, 2.05) is 13.0 Å². The first-order valence-corrected chi connectivity index (χ1v) is 9.97. The summed E-state index contributed by atoms with van der Waals surface area (Å²) in [6, 6.07) is 15.2. The molecule has 0 unspecified atom stereocenters. The van der Waals surface area contributed by atoms with Crippen LogP contribution in [0.2, 0.25) is 0 Å². The van der Waals surface area contributed by atoms with Crippen LogP contribution in [0.25, 0.3) is 10.8 Å². The van der Waals surface area contributed by atoms with Gasteiger partial charge in [-0.3, -0.25) is 9.59 Å². The number of anilines is 1. The molecule has 8 nitrogen and oxygen atoms in total. The highest BCUT2D eigenvalue weighted by atomic mass is 16.5. The number of aryl methyl sites for hydroxylation is 1. The van der Waals surface area contributed by atoms with Crippen molar-refractivity contribution in [3.63, 3.8) is 0 Å². The van der Waals surface area contributed by atoms with Gasteiger partial charge < -0.3 is 10.1 Å². The Labute approximate surface area is 179 Å². The minimum atomic E-state index is -1.14. The number of carbonyl (C=O) groups is 2. The lowest BCUT2D eigenvalue weighted by molar-refractivity contribution is -0.123. The van der Waals surface area contributed by atoms with E-state index in [0.717, 1.165) is 12.8 Å². The molecule has 31 heavy (non-hydrogen) atoms. The van der Waals surface area contributed by atoms with E-state index in [2.05, 4.69) is 10.4 Å². The average Bonchev–Trinajstić information content (AvgIpc) is 2.79. The molecule has 0 spiro atoms. The SMILES string of the molecule is CCCCn1nc(C(=O)O[C@H](C)C(=O)Nc2ccccc2C#N)c2ccccc2c1=O. The van der Waals surface area contributed by atoms with Gasteiger partial charge in [-0.25, -0.2) is 9.48 Å². The molecule has 1 heterocycles. The van der Waals surface area contributed by atoms with Crippen LogP contribution in [0.1, 0.15) is 42.7 Å². The van der Waals surface area contributed by atoms with E-state index >= 15 is 0 Å². The topological polar surface area (TPSA) is 114 Å². The van der Waals surface area contributed by atoms with Crippen molar-refractivity contribution in [1.82, 2.24) is 9.78 Å². The lowest BCUT2D eigenvalue weighted by atomic mass is 10.1. The predicted molar refractivity (Wildman–Crippen MR) is 116 cm³/mol. The third-order valence-electron chi connectivity index (χ3n) is 4.74. The number of nitrogens with one attached hydrogen (secondary N) is 1. The van der Waals surface area contributed by atoms with Gasteiger partial charge in [0.05, 0.1) is 16.6 Å². The van der Waals surface area contributed by atoms with Crippen molar-refractivity contribution in [2.75, 3.05) is 5.32 Å². The smallest absolute Gasteiger partial charge is 0.360 e. The Balaban J connectivity index is 1.85. The number of rotatable bonds is 7. The number of para-hydroxylation sites is 1. The summed E-state index contributed by atoms with van der Waals surface area (Å²) in [5, 5.41) is 16.7. The summed E-state index contributed by atoms with van der Waals surface area (Å²) in [6.45, 7) is 3.80. The molecule has 2 aromatic carbocycles. The maximum absolute atomic E-state index is 12.9. The summed E-state index contributed by atoms with van der Waals surface area (Å²) in [5.41, 5.74) is 0.322. The molecule has 1 aromatic heterocycles. The number of nitrogens with zero attached hydrogens (tertiary/aromatic N) is 3. The van der Waals surface area contributed by atoms with E-state index in [4.69, 9.17) is 10.00 Å². The minimum Gasteiger partial charge on any atom is -0.448 e. The van der Waals surface area contributed by atoms with Crippen LogP contribution in [0.3, 0.4) is 0 Å². The lowest BCUT2D eigenvalue weighted by Gasteiger charge is -2.15. The number of carbonyl (C=O) groups excluding carboxylic acids is 2. The van der Waals surface area contributed by atoms with Crippen LogP contribution >= 0.6 is 0 Å². The van der Waals surface area contributed by atoms with Gasteiger partial charge in [0, 0.05) is 11.9 Å². The number of nitriles is 1. The highest BCUT2D eigenvalue weighted by molar-refractivity contribution is 6.03. The van der Waals surface area contributed by atoms with Gasteiger partial charge in [0.2, 0.25) is 0 Å². The molecular weight excluding hydrogens is 396 g/mol. The van der Waals surface area contributed by atoms with Crippen LogP contribution in [0.4, 0.5) is 5.69 Å². The largest absolute Gasteiger partial charge is 0.448 e. The zero-order chi connectivity index (χ0) is 22.4. The molecular formula is C23H22N4O4. The van der Waals surface area contributed by atoms with Gasteiger partial charge in [0.15, 0.2) is 11.8 Å². The Kier molecular flexibility index (Phi) is 6.78. The van der Waals surface area contributed by atoms with Crippen LogP contribution in [-0.4, -0.2) is 27.8 Å². The Bertz CT molecular complexity index is 1230. The van der Waals surface area contributed by atoms with E-state index in [-0.39, 0.29) is 11.3 Å². The number of amides is 1. The highest BCUT2D eigenvalue weighted by Crippen LogP contribution is 2.17. The second-order valence-corrected chi connectivity index (χ2v) is 6.97. The first-order valence-electron chi connectivity index (χ1n) is 9.97. The Morgan fingerprint density at radius 2 is 1.84 bits per heavy atom. The number of aromatic nitrogens is 2. The zero-order valence-corrected chi connectivity index (χ0v) is 17.3. The first kappa shape index (κ1) is 21.7. The van der Waals surface area contributed by atoms with E-state index in [1.54, 1.807) is 48.5 Å². The van der Waals surface area contributed by atoms with Crippen molar-refractivity contribution in [2.24, 2.45) is 0 Å². The van der Waals surface area contributed by atoms with Crippen LogP contribution in [0.15, 0.2) is 53.3 Å². The Hall–Kier alpha value is -3.99. The molecule has 0 saturated heterocycles. The molecule has 1 N–H and O–H groups in total. The number of fused-ring (bicyclic) bond motifs is 1. The summed E-state index contributed by atoms with van der Waals surface area (Å²) in [6.07, 6.45) is 0.453. The third kappa shape index (κ3) is 4.78. The summed E-state index contributed by atoms with van der Waals surface area (Å²) in [5.74, 6) is -1.39. The van der Waals surface area contributed by atoms with Gasteiger partial charge in [-0.05, 0) is 31.5 Å². The highest BCUT2D eigenvalue weighted by Gasteiger charge is 2.23. The molecule has 0 aliphatic rings. The van der Waals surface area contributed by atoms with Gasteiger partial charge in [-0.1, -0.05) is 43.7 Å². The Morgan fingerprint density at radius 1 is 1.16 bits per heavy atom. The molecule has 0 aliphatic heterocycles. The molecule has 1 atom stereocenters. The van der Waals surface area contributed by atoms with Gasteiger partial charge in [0.1, 0.15) is 6.07 Å². The van der Waals surface area contributed by atoms with Crippen molar-refractivity contribution in [1.29, 1.82) is 5.26 Å². The molecule has 3 rings (SSSR count). The van der Waals surface area contributed by atoms with E-state index < -0.39 is 18.0 Å². The fourth-order valence-corrected chi connectivity index (χ4v) is 3.04. The molecule has 0 radical (unpaired) electrons. The third-order valence-corrected chi connectivity index (χ3v) is 4.74. The number of esters is 1. The standard InChI is InChI=1S/C23H22N4O4/c1-3-4-13-27-22(29)18-11-7-6-10-17(18)20(26-27)23(30)31-15(2)21(28)25-19-12-8-5-9-16(19)14-24/h5-12,15H,3-4,13H2,1-2H3,(H,25,28)/t15-/m1/s1. The normalized spacial score (nSPS) is 11.5. The van der Waals surface area contributed by atoms with Crippen molar-refractivity contribution in [2.45, 2.75) is 39.3 Å². The second kappa shape index (κ2) is 9.67. The van der Waals surface area contributed by atoms with Crippen LogP contribution < -0.4 is 10.9 Å². The van der Waals surface area contributed by atoms with Gasteiger partial charge in [-0.15, -0.1) is 0 Å². The second-order valence-electron chi connectivity index (χ2n) is 6.97. The number of unbranched alkanes of at least 4 members (excludes halogenated alkanes) is 1. The lowest BCUT2D eigenvalue weighted by Crippen LogP contribution is -2.32. The number of benzene rings is 2. The van der Waals surface area contributed by atoms with Crippen molar-refractivity contribution < 1.29 is 14.3 Å². The molecule has 0 fully saturated rings. The number of hydrogen-bond donors (Lipinski definition) is 1. The monoisotopic (exact) mass is 418 g/mol. The fraction of sp³-hybridized carbons (Fsp3) is 0.261. The predicted octanol–water partition coefficient (Wildman–Crippen LogP) is 3.25. The number of ether oxygens (including phenoxy) is 1. The fourth-order valence-electron chi connectivity index (χ4n) is 3.04. The first-order chi connectivity index (χ1) is 15.0. The maximum atomic E-state index is 12.9. The summed E-state index contributed by atoms with van der Waals surface area (Å²) in [7, 11) is 0. The maximum Gasteiger partial charge on any atom is 0.360 e. The van der Waals surface area contributed by atoms with Gasteiger partial charge in [-0.2, -0.15) is 10.4 Å². The van der Waals surface area contributed by atoms with E-state index in [1.165, 1.54) is 11.6 Å². The van der Waals surface area contributed by atoms with Crippen molar-refractivity contribution in [3.8, 4) is 6.07 Å². The molecule has 0 aliphatic carbocycles. The van der Waals surface area contributed by atoms with Crippen LogP contribution in [0.5, 0.6) is 0 Å². The van der Waals surface area contributed by atoms with Crippen LogP contribution in [-0.2, 0) is 16.1 Å². The molecule has 8 heteroatoms.